The standard InChI is InChI=1S/C14H17N3O2S/c1-8-9(2)19-14(16-8)20-12-6-5-10(7-11(12)15)13(18)17(3)4/h5-7H,15H2,1-4H3. The summed E-state index contributed by atoms with van der Waals surface area (Å²) in [5, 5.41) is 0.554. The van der Waals surface area contributed by atoms with E-state index in [1.807, 2.05) is 19.9 Å². The number of nitrogen functional groups attached to an aromatic ring is 1. The molecule has 0 aliphatic carbocycles. The Morgan fingerprint density at radius 3 is 2.55 bits per heavy atom. The highest BCUT2D eigenvalue weighted by Crippen LogP contribution is 2.33. The summed E-state index contributed by atoms with van der Waals surface area (Å²) < 4.78 is 5.51. The van der Waals surface area contributed by atoms with E-state index >= 15 is 0 Å². The van der Waals surface area contributed by atoms with Crippen LogP contribution in [0, 0.1) is 13.8 Å². The predicted molar refractivity (Wildman–Crippen MR) is 79.0 cm³/mol. The van der Waals surface area contributed by atoms with Gasteiger partial charge in [0.15, 0.2) is 0 Å². The number of aromatic nitrogens is 1. The second kappa shape index (κ2) is 5.58. The number of nitrogens with zero attached hydrogens (tertiary/aromatic N) is 2. The smallest absolute Gasteiger partial charge is 0.261 e. The molecule has 1 aromatic heterocycles. The second-order valence-corrected chi connectivity index (χ2v) is 5.67. The minimum Gasteiger partial charge on any atom is -0.436 e. The molecular formula is C14H17N3O2S. The lowest BCUT2D eigenvalue weighted by Crippen LogP contribution is -2.21. The van der Waals surface area contributed by atoms with Crippen LogP contribution in [-0.2, 0) is 0 Å². The van der Waals surface area contributed by atoms with E-state index in [-0.39, 0.29) is 5.91 Å². The molecule has 0 aliphatic rings. The van der Waals surface area contributed by atoms with Crippen molar-refractivity contribution in [2.24, 2.45) is 0 Å². The average molecular weight is 291 g/mol. The number of hydrogen-bond donors (Lipinski definition) is 1. The zero-order valence-corrected chi connectivity index (χ0v) is 12.7. The quantitative estimate of drug-likeness (QED) is 0.880. The van der Waals surface area contributed by atoms with Crippen molar-refractivity contribution in [1.29, 1.82) is 0 Å². The Balaban J connectivity index is 2.24. The summed E-state index contributed by atoms with van der Waals surface area (Å²) >= 11 is 1.35. The molecule has 0 saturated heterocycles. The summed E-state index contributed by atoms with van der Waals surface area (Å²) in [6.07, 6.45) is 0. The first kappa shape index (κ1) is 14.5. The molecule has 2 rings (SSSR count). The summed E-state index contributed by atoms with van der Waals surface area (Å²) in [4.78, 5) is 18.5. The molecule has 5 nitrogen and oxygen atoms in total. The summed E-state index contributed by atoms with van der Waals surface area (Å²) in [5.74, 6) is 0.724. The highest BCUT2D eigenvalue weighted by Gasteiger charge is 2.13. The van der Waals surface area contributed by atoms with Gasteiger partial charge in [-0.05, 0) is 43.8 Å². The molecule has 1 aromatic carbocycles. The maximum atomic E-state index is 11.8. The van der Waals surface area contributed by atoms with E-state index < -0.39 is 0 Å². The van der Waals surface area contributed by atoms with E-state index in [1.54, 1.807) is 26.2 Å². The third-order valence-corrected chi connectivity index (χ3v) is 3.81. The normalized spacial score (nSPS) is 10.6. The third-order valence-electron chi connectivity index (χ3n) is 2.87. The summed E-state index contributed by atoms with van der Waals surface area (Å²) in [6, 6.07) is 5.24. The molecule has 2 N–H and O–H groups in total. The van der Waals surface area contributed by atoms with Crippen molar-refractivity contribution >= 4 is 23.4 Å². The van der Waals surface area contributed by atoms with Crippen molar-refractivity contribution in [3.05, 3.63) is 35.2 Å². The van der Waals surface area contributed by atoms with Gasteiger partial charge in [0.2, 0.25) is 0 Å². The minimum atomic E-state index is -0.0731. The molecule has 0 spiro atoms. The van der Waals surface area contributed by atoms with Gasteiger partial charge >= 0.3 is 0 Å². The van der Waals surface area contributed by atoms with Gasteiger partial charge in [-0.25, -0.2) is 4.98 Å². The minimum absolute atomic E-state index is 0.0731. The fourth-order valence-electron chi connectivity index (χ4n) is 1.61. The van der Waals surface area contributed by atoms with Crippen molar-refractivity contribution in [3.8, 4) is 0 Å². The van der Waals surface area contributed by atoms with E-state index in [2.05, 4.69) is 4.98 Å². The number of anilines is 1. The maximum Gasteiger partial charge on any atom is 0.261 e. The van der Waals surface area contributed by atoms with Crippen molar-refractivity contribution in [2.45, 2.75) is 24.0 Å². The van der Waals surface area contributed by atoms with Crippen LogP contribution in [0.4, 0.5) is 5.69 Å². The monoisotopic (exact) mass is 291 g/mol. The average Bonchev–Trinajstić information content (AvgIpc) is 2.70. The SMILES string of the molecule is Cc1nc(Sc2ccc(C(=O)N(C)C)cc2N)oc1C. The van der Waals surface area contributed by atoms with Crippen LogP contribution in [-0.4, -0.2) is 29.9 Å². The summed E-state index contributed by atoms with van der Waals surface area (Å²) in [6.45, 7) is 3.76. The lowest BCUT2D eigenvalue weighted by Gasteiger charge is -2.11. The van der Waals surface area contributed by atoms with Gasteiger partial charge < -0.3 is 15.1 Å². The molecule has 0 atom stereocenters. The molecular weight excluding hydrogens is 274 g/mol. The fourth-order valence-corrected chi connectivity index (χ4v) is 2.46. The van der Waals surface area contributed by atoms with Gasteiger partial charge in [0.1, 0.15) is 5.76 Å². The maximum absolute atomic E-state index is 11.8. The highest BCUT2D eigenvalue weighted by molar-refractivity contribution is 7.99. The molecule has 0 saturated carbocycles. The Morgan fingerprint density at radius 2 is 2.05 bits per heavy atom. The number of carbonyl (C=O) groups excluding carboxylic acids is 1. The van der Waals surface area contributed by atoms with Crippen molar-refractivity contribution < 1.29 is 9.21 Å². The number of rotatable bonds is 3. The van der Waals surface area contributed by atoms with Gasteiger partial charge in [-0.15, -0.1) is 0 Å². The molecule has 6 heteroatoms. The molecule has 20 heavy (non-hydrogen) atoms. The van der Waals surface area contributed by atoms with Gasteiger partial charge in [-0.2, -0.15) is 0 Å². The number of hydrogen-bond acceptors (Lipinski definition) is 5. The molecule has 0 unspecified atom stereocenters. The van der Waals surface area contributed by atoms with E-state index in [9.17, 15) is 4.79 Å². The van der Waals surface area contributed by atoms with Crippen LogP contribution in [0.5, 0.6) is 0 Å². The number of nitrogens with two attached hydrogens (primary N) is 1. The van der Waals surface area contributed by atoms with Gasteiger partial charge in [0.05, 0.1) is 5.69 Å². The summed E-state index contributed by atoms with van der Waals surface area (Å²) in [5.41, 5.74) is 7.96. The summed E-state index contributed by atoms with van der Waals surface area (Å²) in [7, 11) is 3.42. The van der Waals surface area contributed by atoms with Crippen molar-refractivity contribution in [2.75, 3.05) is 19.8 Å². The van der Waals surface area contributed by atoms with Gasteiger partial charge in [0.25, 0.3) is 11.1 Å². The van der Waals surface area contributed by atoms with Crippen LogP contribution in [0.2, 0.25) is 0 Å². The van der Waals surface area contributed by atoms with Crippen LogP contribution in [0.1, 0.15) is 21.8 Å². The highest BCUT2D eigenvalue weighted by atomic mass is 32.2. The topological polar surface area (TPSA) is 72.4 Å². The van der Waals surface area contributed by atoms with Gasteiger partial charge in [-0.3, -0.25) is 4.79 Å². The first-order chi connectivity index (χ1) is 9.38. The van der Waals surface area contributed by atoms with Crippen molar-refractivity contribution in [1.82, 2.24) is 9.88 Å². The van der Waals surface area contributed by atoms with Gasteiger partial charge in [-0.1, -0.05) is 0 Å². The van der Waals surface area contributed by atoms with E-state index in [1.165, 1.54) is 16.7 Å². The zero-order chi connectivity index (χ0) is 14.9. The van der Waals surface area contributed by atoms with E-state index in [4.69, 9.17) is 10.2 Å². The molecule has 0 aliphatic heterocycles. The van der Waals surface area contributed by atoms with Crippen LogP contribution < -0.4 is 5.73 Å². The van der Waals surface area contributed by atoms with Crippen LogP contribution >= 0.6 is 11.8 Å². The Labute approximate surface area is 122 Å². The van der Waals surface area contributed by atoms with Crippen LogP contribution in [0.25, 0.3) is 0 Å². The van der Waals surface area contributed by atoms with E-state index in [0.717, 1.165) is 16.3 Å². The molecule has 0 radical (unpaired) electrons. The first-order valence-electron chi connectivity index (χ1n) is 6.11. The lowest BCUT2D eigenvalue weighted by molar-refractivity contribution is 0.0827. The number of benzene rings is 1. The molecule has 0 bridgehead atoms. The molecule has 2 aromatic rings. The number of carbonyl (C=O) groups is 1. The zero-order valence-electron chi connectivity index (χ0n) is 11.9. The predicted octanol–water partition coefficient (Wildman–Crippen LogP) is 2.73. The number of amides is 1. The Kier molecular flexibility index (Phi) is 4.04. The number of oxazole rings is 1. The molecule has 0 fully saturated rings. The largest absolute Gasteiger partial charge is 0.436 e. The lowest BCUT2D eigenvalue weighted by atomic mass is 10.2. The Morgan fingerprint density at radius 1 is 1.35 bits per heavy atom. The van der Waals surface area contributed by atoms with Crippen LogP contribution in [0.3, 0.4) is 0 Å². The van der Waals surface area contributed by atoms with Crippen LogP contribution in [0.15, 0.2) is 32.7 Å². The molecule has 1 heterocycles. The molecule has 1 amide bonds. The number of aryl methyl sites for hydroxylation is 2. The molecule has 106 valence electrons. The second-order valence-electron chi connectivity index (χ2n) is 4.68. The van der Waals surface area contributed by atoms with Crippen molar-refractivity contribution in [3.63, 3.8) is 0 Å². The first-order valence-corrected chi connectivity index (χ1v) is 6.93. The Bertz CT molecular complexity index is 630. The fraction of sp³-hybridized carbons (Fsp3) is 0.286. The Hall–Kier alpha value is -1.95. The van der Waals surface area contributed by atoms with E-state index in [0.29, 0.717) is 16.5 Å². The third kappa shape index (κ3) is 2.96. The van der Waals surface area contributed by atoms with Gasteiger partial charge in [0, 0.05) is 30.2 Å².